The highest BCUT2D eigenvalue weighted by molar-refractivity contribution is 5.69. The molecule has 0 amide bonds. The SMILES string of the molecule is O=C(O)CNC1CCCN(c2cccc(F)c2)C1. The highest BCUT2D eigenvalue weighted by Crippen LogP contribution is 2.20. The summed E-state index contributed by atoms with van der Waals surface area (Å²) in [5, 5.41) is 11.6. The van der Waals surface area contributed by atoms with Gasteiger partial charge in [0.25, 0.3) is 0 Å². The van der Waals surface area contributed by atoms with Gasteiger partial charge in [-0.2, -0.15) is 0 Å². The lowest BCUT2D eigenvalue weighted by molar-refractivity contribution is -0.136. The maximum Gasteiger partial charge on any atom is 0.317 e. The summed E-state index contributed by atoms with van der Waals surface area (Å²) in [6, 6.07) is 6.66. The van der Waals surface area contributed by atoms with Crippen molar-refractivity contribution in [1.82, 2.24) is 5.32 Å². The minimum Gasteiger partial charge on any atom is -0.480 e. The van der Waals surface area contributed by atoms with E-state index in [0.717, 1.165) is 31.6 Å². The molecule has 2 N–H and O–H groups in total. The van der Waals surface area contributed by atoms with Crippen LogP contribution in [0.4, 0.5) is 10.1 Å². The van der Waals surface area contributed by atoms with Crippen molar-refractivity contribution in [1.29, 1.82) is 0 Å². The lowest BCUT2D eigenvalue weighted by atomic mass is 10.0. The minimum absolute atomic E-state index is 0.0261. The van der Waals surface area contributed by atoms with E-state index >= 15 is 0 Å². The second-order valence-electron chi connectivity index (χ2n) is 4.54. The molecule has 18 heavy (non-hydrogen) atoms. The number of carboxylic acid groups (broad SMARTS) is 1. The zero-order chi connectivity index (χ0) is 13.0. The van der Waals surface area contributed by atoms with Gasteiger partial charge in [0.1, 0.15) is 5.82 Å². The Kier molecular flexibility index (Phi) is 4.15. The van der Waals surface area contributed by atoms with Crippen LogP contribution in [0, 0.1) is 5.82 Å². The van der Waals surface area contributed by atoms with Gasteiger partial charge in [0.2, 0.25) is 0 Å². The molecule has 1 heterocycles. The van der Waals surface area contributed by atoms with Crippen molar-refractivity contribution >= 4 is 11.7 Å². The van der Waals surface area contributed by atoms with E-state index in [1.165, 1.54) is 12.1 Å². The Hall–Kier alpha value is -1.62. The summed E-state index contributed by atoms with van der Waals surface area (Å²) in [7, 11) is 0. The fourth-order valence-corrected chi connectivity index (χ4v) is 2.28. The Balaban J connectivity index is 1.96. The topological polar surface area (TPSA) is 52.6 Å². The number of nitrogens with zero attached hydrogens (tertiary/aromatic N) is 1. The van der Waals surface area contributed by atoms with Gasteiger partial charge in [-0.25, -0.2) is 4.39 Å². The first kappa shape index (κ1) is 12.8. The lowest BCUT2D eigenvalue weighted by Crippen LogP contribution is -2.47. The van der Waals surface area contributed by atoms with E-state index in [-0.39, 0.29) is 18.4 Å². The van der Waals surface area contributed by atoms with Crippen molar-refractivity contribution in [3.63, 3.8) is 0 Å². The zero-order valence-corrected chi connectivity index (χ0v) is 10.1. The Morgan fingerprint density at radius 2 is 2.39 bits per heavy atom. The average molecular weight is 252 g/mol. The zero-order valence-electron chi connectivity index (χ0n) is 10.1. The average Bonchev–Trinajstić information content (AvgIpc) is 2.37. The van der Waals surface area contributed by atoms with E-state index in [2.05, 4.69) is 10.2 Å². The number of carboxylic acids is 1. The van der Waals surface area contributed by atoms with Gasteiger partial charge in [-0.3, -0.25) is 4.79 Å². The van der Waals surface area contributed by atoms with Crippen molar-refractivity contribution in [3.8, 4) is 0 Å². The molecule has 0 aliphatic carbocycles. The fourth-order valence-electron chi connectivity index (χ4n) is 2.28. The van der Waals surface area contributed by atoms with Crippen molar-refractivity contribution in [3.05, 3.63) is 30.1 Å². The highest BCUT2D eigenvalue weighted by atomic mass is 19.1. The first-order valence-electron chi connectivity index (χ1n) is 6.11. The minimum atomic E-state index is -0.849. The van der Waals surface area contributed by atoms with Crippen molar-refractivity contribution in [2.75, 3.05) is 24.5 Å². The molecule has 0 radical (unpaired) electrons. The van der Waals surface area contributed by atoms with E-state index in [1.54, 1.807) is 6.07 Å². The molecule has 1 aromatic carbocycles. The normalized spacial score (nSPS) is 19.8. The monoisotopic (exact) mass is 252 g/mol. The maximum absolute atomic E-state index is 13.2. The molecule has 1 atom stereocenters. The smallest absolute Gasteiger partial charge is 0.317 e. The molecule has 5 heteroatoms. The molecule has 98 valence electrons. The van der Waals surface area contributed by atoms with Crippen molar-refractivity contribution < 1.29 is 14.3 Å². The molecule has 1 aliphatic rings. The highest BCUT2D eigenvalue weighted by Gasteiger charge is 2.20. The molecular formula is C13H17FN2O2. The molecule has 0 spiro atoms. The van der Waals surface area contributed by atoms with Crippen LogP contribution in [0.5, 0.6) is 0 Å². The summed E-state index contributed by atoms with van der Waals surface area (Å²) >= 11 is 0. The standard InChI is InChI=1S/C13H17FN2O2/c14-10-3-1-5-12(7-10)16-6-2-4-11(9-16)15-8-13(17)18/h1,3,5,7,11,15H,2,4,6,8-9H2,(H,17,18). The summed E-state index contributed by atoms with van der Waals surface area (Å²) in [6.45, 7) is 1.58. The van der Waals surface area contributed by atoms with E-state index in [4.69, 9.17) is 5.11 Å². The van der Waals surface area contributed by atoms with Gasteiger partial charge in [-0.05, 0) is 31.0 Å². The number of halogens is 1. The van der Waals surface area contributed by atoms with Crippen LogP contribution in [0.1, 0.15) is 12.8 Å². The number of anilines is 1. The Labute approximate surface area is 105 Å². The Bertz CT molecular complexity index is 425. The second kappa shape index (κ2) is 5.82. The summed E-state index contributed by atoms with van der Waals surface area (Å²) in [4.78, 5) is 12.6. The van der Waals surface area contributed by atoms with E-state index in [1.807, 2.05) is 6.07 Å². The van der Waals surface area contributed by atoms with Crippen LogP contribution >= 0.6 is 0 Å². The van der Waals surface area contributed by atoms with E-state index in [0.29, 0.717) is 0 Å². The molecule has 1 unspecified atom stereocenters. The first-order valence-corrected chi connectivity index (χ1v) is 6.11. The van der Waals surface area contributed by atoms with Crippen LogP contribution in [0.15, 0.2) is 24.3 Å². The summed E-state index contributed by atoms with van der Waals surface area (Å²) in [5.41, 5.74) is 0.858. The van der Waals surface area contributed by atoms with Gasteiger partial charge in [-0.15, -0.1) is 0 Å². The number of hydrogen-bond donors (Lipinski definition) is 2. The number of aliphatic carboxylic acids is 1. The van der Waals surface area contributed by atoms with Gasteiger partial charge in [0, 0.05) is 24.8 Å². The van der Waals surface area contributed by atoms with Gasteiger partial charge >= 0.3 is 5.97 Å². The molecule has 0 saturated carbocycles. The molecule has 2 rings (SSSR count). The number of nitrogens with one attached hydrogen (secondary N) is 1. The van der Waals surface area contributed by atoms with Gasteiger partial charge in [0.15, 0.2) is 0 Å². The molecule has 0 bridgehead atoms. The third kappa shape index (κ3) is 3.43. The van der Waals surface area contributed by atoms with Gasteiger partial charge in [0.05, 0.1) is 6.54 Å². The molecule has 4 nitrogen and oxygen atoms in total. The quantitative estimate of drug-likeness (QED) is 0.852. The third-order valence-electron chi connectivity index (χ3n) is 3.14. The fraction of sp³-hybridized carbons (Fsp3) is 0.462. The van der Waals surface area contributed by atoms with Crippen LogP contribution in [0.25, 0.3) is 0 Å². The molecule has 1 saturated heterocycles. The lowest BCUT2D eigenvalue weighted by Gasteiger charge is -2.34. The first-order chi connectivity index (χ1) is 8.65. The Morgan fingerprint density at radius 3 is 3.11 bits per heavy atom. The van der Waals surface area contributed by atoms with Crippen LogP contribution in [-0.2, 0) is 4.79 Å². The second-order valence-corrected chi connectivity index (χ2v) is 4.54. The summed E-state index contributed by atoms with van der Waals surface area (Å²) in [6.07, 6.45) is 1.94. The van der Waals surface area contributed by atoms with Crippen LogP contribution in [-0.4, -0.2) is 36.8 Å². The molecule has 1 aromatic rings. The molecule has 1 aliphatic heterocycles. The van der Waals surface area contributed by atoms with Crippen molar-refractivity contribution in [2.24, 2.45) is 0 Å². The van der Waals surface area contributed by atoms with E-state index in [9.17, 15) is 9.18 Å². The predicted molar refractivity (Wildman–Crippen MR) is 67.3 cm³/mol. The Morgan fingerprint density at radius 1 is 1.56 bits per heavy atom. The number of piperidine rings is 1. The summed E-state index contributed by atoms with van der Waals surface area (Å²) < 4.78 is 13.2. The third-order valence-corrected chi connectivity index (χ3v) is 3.14. The number of hydrogen-bond acceptors (Lipinski definition) is 3. The van der Waals surface area contributed by atoms with Crippen LogP contribution in [0.3, 0.4) is 0 Å². The van der Waals surface area contributed by atoms with Crippen LogP contribution in [0.2, 0.25) is 0 Å². The van der Waals surface area contributed by atoms with E-state index < -0.39 is 5.97 Å². The molecule has 0 aromatic heterocycles. The summed E-state index contributed by atoms with van der Waals surface area (Å²) in [5.74, 6) is -1.09. The van der Waals surface area contributed by atoms with Crippen LogP contribution < -0.4 is 10.2 Å². The molecule has 1 fully saturated rings. The maximum atomic E-state index is 13.2. The number of rotatable bonds is 4. The van der Waals surface area contributed by atoms with Gasteiger partial charge < -0.3 is 15.3 Å². The molecular weight excluding hydrogens is 235 g/mol. The number of carbonyl (C=O) groups is 1. The number of benzene rings is 1. The predicted octanol–water partition coefficient (Wildman–Crippen LogP) is 1.47. The van der Waals surface area contributed by atoms with Crippen molar-refractivity contribution in [2.45, 2.75) is 18.9 Å². The van der Waals surface area contributed by atoms with Gasteiger partial charge in [-0.1, -0.05) is 6.07 Å². The largest absolute Gasteiger partial charge is 0.480 e.